The van der Waals surface area contributed by atoms with Gasteiger partial charge >= 0.3 is 0 Å². The van der Waals surface area contributed by atoms with Gasteiger partial charge in [-0.1, -0.05) is 19.3 Å². The molecular formula is C14H20N2O2. The van der Waals surface area contributed by atoms with Gasteiger partial charge in [-0.05, 0) is 31.4 Å². The van der Waals surface area contributed by atoms with Crippen LogP contribution in [0, 0.1) is 6.92 Å². The maximum absolute atomic E-state index is 11.9. The largest absolute Gasteiger partial charge is 0.481 e. The lowest BCUT2D eigenvalue weighted by Gasteiger charge is -2.34. The fourth-order valence-electron chi connectivity index (χ4n) is 2.87. The summed E-state index contributed by atoms with van der Waals surface area (Å²) in [5, 5.41) is 0. The number of carbonyl (C=O) groups excluding carboxylic acids is 1. The molecule has 1 saturated carbocycles. The molecule has 0 atom stereocenters. The molecule has 2 N–H and O–H groups in total. The van der Waals surface area contributed by atoms with E-state index in [1.54, 1.807) is 13.3 Å². The molecule has 0 bridgehead atoms. The number of nitrogens with two attached hydrogens (primary N) is 1. The molecule has 98 valence electrons. The Balaban J connectivity index is 2.43. The number of primary amides is 1. The lowest BCUT2D eigenvalue weighted by Crippen LogP contribution is -2.42. The summed E-state index contributed by atoms with van der Waals surface area (Å²) in [7, 11) is 1.60. The zero-order valence-corrected chi connectivity index (χ0v) is 11.0. The van der Waals surface area contributed by atoms with Crippen molar-refractivity contribution in [1.29, 1.82) is 0 Å². The second-order valence-corrected chi connectivity index (χ2v) is 5.06. The van der Waals surface area contributed by atoms with Gasteiger partial charge in [0.1, 0.15) is 0 Å². The smallest absolute Gasteiger partial charge is 0.228 e. The van der Waals surface area contributed by atoms with Crippen molar-refractivity contribution in [2.45, 2.75) is 44.4 Å². The van der Waals surface area contributed by atoms with E-state index in [4.69, 9.17) is 10.5 Å². The highest BCUT2D eigenvalue weighted by Crippen LogP contribution is 2.39. The van der Waals surface area contributed by atoms with Crippen LogP contribution >= 0.6 is 0 Å². The molecule has 1 aliphatic carbocycles. The van der Waals surface area contributed by atoms with Crippen molar-refractivity contribution in [3.63, 3.8) is 0 Å². The first-order valence-electron chi connectivity index (χ1n) is 6.41. The Kier molecular flexibility index (Phi) is 3.55. The van der Waals surface area contributed by atoms with Crippen LogP contribution < -0.4 is 10.5 Å². The van der Waals surface area contributed by atoms with E-state index in [-0.39, 0.29) is 5.91 Å². The van der Waals surface area contributed by atoms with Crippen LogP contribution in [0.3, 0.4) is 0 Å². The summed E-state index contributed by atoms with van der Waals surface area (Å²) in [4.78, 5) is 16.2. The fourth-order valence-corrected chi connectivity index (χ4v) is 2.87. The van der Waals surface area contributed by atoms with Gasteiger partial charge in [-0.3, -0.25) is 4.79 Å². The van der Waals surface area contributed by atoms with E-state index in [1.165, 1.54) is 6.42 Å². The minimum absolute atomic E-state index is 0.228. The van der Waals surface area contributed by atoms with Crippen molar-refractivity contribution in [3.05, 3.63) is 23.4 Å². The first-order chi connectivity index (χ1) is 8.60. The second-order valence-electron chi connectivity index (χ2n) is 5.06. The Morgan fingerprint density at radius 1 is 1.39 bits per heavy atom. The van der Waals surface area contributed by atoms with Crippen LogP contribution in [0.5, 0.6) is 5.88 Å². The van der Waals surface area contributed by atoms with Gasteiger partial charge in [0.25, 0.3) is 0 Å². The van der Waals surface area contributed by atoms with Crippen molar-refractivity contribution >= 4 is 5.91 Å². The Hall–Kier alpha value is -1.58. The summed E-state index contributed by atoms with van der Waals surface area (Å²) in [5.74, 6) is 0.378. The SMILES string of the molecule is COc1ncc(C2(C(N)=O)CCCCC2)cc1C. The Bertz CT molecular complexity index is 451. The fraction of sp³-hybridized carbons (Fsp3) is 0.571. The van der Waals surface area contributed by atoms with Crippen LogP contribution in [-0.2, 0) is 10.2 Å². The number of pyridine rings is 1. The summed E-state index contributed by atoms with van der Waals surface area (Å²) in [5.41, 5.74) is 7.01. The highest BCUT2D eigenvalue weighted by atomic mass is 16.5. The number of hydrogen-bond acceptors (Lipinski definition) is 3. The van der Waals surface area contributed by atoms with Gasteiger partial charge in [-0.25, -0.2) is 4.98 Å². The van der Waals surface area contributed by atoms with Crippen LogP contribution in [0.2, 0.25) is 0 Å². The molecule has 4 nitrogen and oxygen atoms in total. The third-order valence-electron chi connectivity index (χ3n) is 3.95. The van der Waals surface area contributed by atoms with Crippen molar-refractivity contribution in [3.8, 4) is 5.88 Å². The number of ether oxygens (including phenoxy) is 1. The maximum atomic E-state index is 11.9. The zero-order chi connectivity index (χ0) is 13.2. The highest BCUT2D eigenvalue weighted by molar-refractivity contribution is 5.86. The van der Waals surface area contributed by atoms with Gasteiger partial charge in [0.2, 0.25) is 11.8 Å². The summed E-state index contributed by atoms with van der Waals surface area (Å²) in [6.45, 7) is 1.94. The Morgan fingerprint density at radius 3 is 2.56 bits per heavy atom. The van der Waals surface area contributed by atoms with E-state index < -0.39 is 5.41 Å². The number of methoxy groups -OCH3 is 1. The molecule has 2 rings (SSSR count). The van der Waals surface area contributed by atoms with E-state index in [9.17, 15) is 4.79 Å². The number of hydrogen-bond donors (Lipinski definition) is 1. The first kappa shape index (κ1) is 12.9. The monoisotopic (exact) mass is 248 g/mol. The van der Waals surface area contributed by atoms with Gasteiger partial charge in [-0.2, -0.15) is 0 Å². The van der Waals surface area contributed by atoms with E-state index in [1.807, 2.05) is 13.0 Å². The molecule has 0 saturated heterocycles. The minimum atomic E-state index is -0.526. The van der Waals surface area contributed by atoms with Crippen LogP contribution in [0.1, 0.15) is 43.2 Å². The molecule has 1 amide bonds. The molecule has 1 aliphatic rings. The topological polar surface area (TPSA) is 65.2 Å². The predicted molar refractivity (Wildman–Crippen MR) is 69.5 cm³/mol. The first-order valence-corrected chi connectivity index (χ1v) is 6.41. The molecule has 0 spiro atoms. The van der Waals surface area contributed by atoms with Gasteiger partial charge < -0.3 is 10.5 Å². The van der Waals surface area contributed by atoms with Gasteiger partial charge in [0.15, 0.2) is 0 Å². The normalized spacial score (nSPS) is 18.3. The van der Waals surface area contributed by atoms with E-state index in [2.05, 4.69) is 4.98 Å². The van der Waals surface area contributed by atoms with Crippen molar-refractivity contribution in [1.82, 2.24) is 4.98 Å². The molecular weight excluding hydrogens is 228 g/mol. The third kappa shape index (κ3) is 2.07. The number of aromatic nitrogens is 1. The van der Waals surface area contributed by atoms with Crippen molar-refractivity contribution in [2.75, 3.05) is 7.11 Å². The summed E-state index contributed by atoms with van der Waals surface area (Å²) < 4.78 is 5.15. The van der Waals surface area contributed by atoms with Gasteiger partial charge in [0.05, 0.1) is 12.5 Å². The number of amides is 1. The van der Waals surface area contributed by atoms with Gasteiger partial charge in [-0.15, -0.1) is 0 Å². The summed E-state index contributed by atoms with van der Waals surface area (Å²) in [6.07, 6.45) is 6.67. The number of carbonyl (C=O) groups is 1. The molecule has 1 aromatic rings. The molecule has 0 aromatic carbocycles. The molecule has 0 unspecified atom stereocenters. The van der Waals surface area contributed by atoms with Crippen LogP contribution in [-0.4, -0.2) is 18.0 Å². The summed E-state index contributed by atoms with van der Waals surface area (Å²) in [6, 6.07) is 1.99. The highest BCUT2D eigenvalue weighted by Gasteiger charge is 2.40. The number of aryl methyl sites for hydroxylation is 1. The molecule has 4 heteroatoms. The van der Waals surface area contributed by atoms with E-state index in [0.717, 1.165) is 36.8 Å². The lowest BCUT2D eigenvalue weighted by molar-refractivity contribution is -0.124. The molecule has 1 heterocycles. The summed E-state index contributed by atoms with van der Waals surface area (Å²) >= 11 is 0. The average molecular weight is 248 g/mol. The molecule has 0 aliphatic heterocycles. The third-order valence-corrected chi connectivity index (χ3v) is 3.95. The molecule has 1 fully saturated rings. The average Bonchev–Trinajstić information content (AvgIpc) is 2.39. The van der Waals surface area contributed by atoms with Crippen molar-refractivity contribution in [2.24, 2.45) is 5.73 Å². The van der Waals surface area contributed by atoms with Crippen LogP contribution in [0.25, 0.3) is 0 Å². The Morgan fingerprint density at radius 2 is 2.06 bits per heavy atom. The molecule has 1 aromatic heterocycles. The quantitative estimate of drug-likeness (QED) is 0.890. The standard InChI is InChI=1S/C14H20N2O2/c1-10-8-11(9-16-12(10)18-2)14(13(15)17)6-4-3-5-7-14/h8-9H,3-7H2,1-2H3,(H2,15,17). The molecule has 18 heavy (non-hydrogen) atoms. The zero-order valence-electron chi connectivity index (χ0n) is 11.0. The molecule has 0 radical (unpaired) electrons. The maximum Gasteiger partial charge on any atom is 0.228 e. The number of nitrogens with zero attached hydrogens (tertiary/aromatic N) is 1. The van der Waals surface area contributed by atoms with Crippen LogP contribution in [0.15, 0.2) is 12.3 Å². The van der Waals surface area contributed by atoms with E-state index in [0.29, 0.717) is 5.88 Å². The van der Waals surface area contributed by atoms with Gasteiger partial charge in [0, 0.05) is 11.8 Å². The predicted octanol–water partition coefficient (Wildman–Crippen LogP) is 2.09. The minimum Gasteiger partial charge on any atom is -0.481 e. The second kappa shape index (κ2) is 4.96. The van der Waals surface area contributed by atoms with Crippen molar-refractivity contribution < 1.29 is 9.53 Å². The number of rotatable bonds is 3. The van der Waals surface area contributed by atoms with E-state index >= 15 is 0 Å². The Labute approximate surface area is 108 Å². The van der Waals surface area contributed by atoms with Crippen LogP contribution in [0.4, 0.5) is 0 Å². The lowest BCUT2D eigenvalue weighted by atomic mass is 9.69.